The summed E-state index contributed by atoms with van der Waals surface area (Å²) in [4.78, 5) is 3.37. The Morgan fingerprint density at radius 3 is 2.70 bits per heavy atom. The van der Waals surface area contributed by atoms with Crippen LogP contribution in [0.1, 0.15) is 39.3 Å². The van der Waals surface area contributed by atoms with Crippen molar-refractivity contribution in [2.24, 2.45) is 5.92 Å². The highest BCUT2D eigenvalue weighted by Crippen LogP contribution is 2.17. The molecule has 0 fully saturated rings. The highest BCUT2D eigenvalue weighted by Gasteiger charge is 2.23. The van der Waals surface area contributed by atoms with E-state index in [0.717, 1.165) is 25.1 Å². The molecule has 0 amide bonds. The summed E-state index contributed by atoms with van der Waals surface area (Å²) < 4.78 is 26.3. The first-order valence-corrected chi connectivity index (χ1v) is 8.70. The van der Waals surface area contributed by atoms with Gasteiger partial charge >= 0.3 is 0 Å². The zero-order valence-corrected chi connectivity index (χ0v) is 13.8. The fraction of sp³-hybridized carbons (Fsp3) is 0.714. The molecule has 1 aromatic heterocycles. The van der Waals surface area contributed by atoms with Crippen molar-refractivity contribution in [3.63, 3.8) is 0 Å². The van der Waals surface area contributed by atoms with Crippen LogP contribution in [0.5, 0.6) is 0 Å². The van der Waals surface area contributed by atoms with Gasteiger partial charge in [0.1, 0.15) is 0 Å². The van der Waals surface area contributed by atoms with Gasteiger partial charge in [-0.05, 0) is 24.9 Å². The molecule has 2 N–H and O–H groups in total. The fourth-order valence-corrected chi connectivity index (χ4v) is 3.23. The van der Waals surface area contributed by atoms with Crippen LogP contribution in [0.15, 0.2) is 17.2 Å². The molecule has 0 saturated carbocycles. The Hall–Kier alpha value is -0.850. The van der Waals surface area contributed by atoms with Gasteiger partial charge in [-0.2, -0.15) is 0 Å². The van der Waals surface area contributed by atoms with Crippen LogP contribution in [-0.4, -0.2) is 37.8 Å². The molecule has 0 aliphatic heterocycles. The molecule has 1 aromatic rings. The highest BCUT2D eigenvalue weighted by atomic mass is 32.2. The molecule has 0 saturated heterocycles. The lowest BCUT2D eigenvalue weighted by atomic mass is 10.1. The standard InChI is InChI=1S/C14H27N3O2S/c1-5-7-15-9-13-8-14(10-16-13)20(18,19)17(4)11-12(3)6-2/h8,10,12,15-16H,5-7,9,11H2,1-4H3. The van der Waals surface area contributed by atoms with Gasteiger partial charge in [0.25, 0.3) is 0 Å². The molecule has 1 unspecified atom stereocenters. The zero-order chi connectivity index (χ0) is 15.2. The number of hydrogen-bond acceptors (Lipinski definition) is 3. The minimum Gasteiger partial charge on any atom is -0.363 e. The van der Waals surface area contributed by atoms with Crippen LogP contribution in [0.4, 0.5) is 0 Å². The summed E-state index contributed by atoms with van der Waals surface area (Å²) >= 11 is 0. The van der Waals surface area contributed by atoms with Gasteiger partial charge in [-0.15, -0.1) is 0 Å². The minimum atomic E-state index is -3.38. The van der Waals surface area contributed by atoms with Crippen molar-refractivity contribution in [3.05, 3.63) is 18.0 Å². The van der Waals surface area contributed by atoms with E-state index in [1.54, 1.807) is 19.3 Å². The SMILES string of the molecule is CCCNCc1cc(S(=O)(=O)N(C)CC(C)CC)c[nH]1. The summed E-state index contributed by atoms with van der Waals surface area (Å²) in [6.45, 7) is 8.37. The van der Waals surface area contributed by atoms with Gasteiger partial charge in [0.05, 0.1) is 4.90 Å². The number of aromatic nitrogens is 1. The second-order valence-corrected chi connectivity index (χ2v) is 7.38. The van der Waals surface area contributed by atoms with Gasteiger partial charge in [-0.25, -0.2) is 12.7 Å². The summed E-state index contributed by atoms with van der Waals surface area (Å²) in [6, 6.07) is 1.71. The molecule has 0 radical (unpaired) electrons. The number of aromatic amines is 1. The second-order valence-electron chi connectivity index (χ2n) is 5.34. The van der Waals surface area contributed by atoms with Gasteiger partial charge in [-0.3, -0.25) is 0 Å². The van der Waals surface area contributed by atoms with Crippen molar-refractivity contribution in [2.75, 3.05) is 20.1 Å². The van der Waals surface area contributed by atoms with Gasteiger partial charge in [-0.1, -0.05) is 27.2 Å². The van der Waals surface area contributed by atoms with E-state index in [2.05, 4.69) is 31.1 Å². The summed E-state index contributed by atoms with van der Waals surface area (Å²) in [5.74, 6) is 0.361. The van der Waals surface area contributed by atoms with E-state index in [0.29, 0.717) is 23.9 Å². The maximum Gasteiger partial charge on any atom is 0.244 e. The monoisotopic (exact) mass is 301 g/mol. The maximum atomic E-state index is 12.4. The van der Waals surface area contributed by atoms with Crippen LogP contribution in [0.3, 0.4) is 0 Å². The first kappa shape index (κ1) is 17.2. The molecule has 1 atom stereocenters. The number of hydrogen-bond donors (Lipinski definition) is 2. The van der Waals surface area contributed by atoms with E-state index in [4.69, 9.17) is 0 Å². The van der Waals surface area contributed by atoms with Crippen molar-refractivity contribution in [2.45, 2.75) is 45.1 Å². The number of nitrogens with zero attached hydrogens (tertiary/aromatic N) is 1. The Morgan fingerprint density at radius 2 is 2.10 bits per heavy atom. The smallest absolute Gasteiger partial charge is 0.244 e. The fourth-order valence-electron chi connectivity index (χ4n) is 1.92. The number of sulfonamides is 1. The summed E-state index contributed by atoms with van der Waals surface area (Å²) in [5, 5.41) is 3.25. The molecule has 0 bridgehead atoms. The predicted molar refractivity (Wildman–Crippen MR) is 82.1 cm³/mol. The topological polar surface area (TPSA) is 65.2 Å². The highest BCUT2D eigenvalue weighted by molar-refractivity contribution is 7.89. The third kappa shape index (κ3) is 4.61. The molecule has 116 valence electrons. The zero-order valence-electron chi connectivity index (χ0n) is 12.9. The first-order chi connectivity index (χ1) is 9.41. The van der Waals surface area contributed by atoms with Crippen LogP contribution in [0.25, 0.3) is 0 Å². The largest absolute Gasteiger partial charge is 0.363 e. The predicted octanol–water partition coefficient (Wildman–Crippen LogP) is 2.18. The van der Waals surface area contributed by atoms with Crippen LogP contribution >= 0.6 is 0 Å². The molecule has 5 nitrogen and oxygen atoms in total. The van der Waals surface area contributed by atoms with Gasteiger partial charge in [0.2, 0.25) is 10.0 Å². The maximum absolute atomic E-state index is 12.4. The molecule has 0 aliphatic rings. The first-order valence-electron chi connectivity index (χ1n) is 7.26. The van der Waals surface area contributed by atoms with Gasteiger partial charge < -0.3 is 10.3 Å². The van der Waals surface area contributed by atoms with E-state index in [9.17, 15) is 8.42 Å². The summed E-state index contributed by atoms with van der Waals surface area (Å²) in [6.07, 6.45) is 3.61. The van der Waals surface area contributed by atoms with E-state index in [-0.39, 0.29) is 0 Å². The van der Waals surface area contributed by atoms with Crippen molar-refractivity contribution in [1.29, 1.82) is 0 Å². The second kappa shape index (κ2) is 7.81. The van der Waals surface area contributed by atoms with Crippen molar-refractivity contribution < 1.29 is 8.42 Å². The summed E-state index contributed by atoms with van der Waals surface area (Å²) in [5.41, 5.74) is 0.897. The Labute approximate surface area is 122 Å². The van der Waals surface area contributed by atoms with E-state index < -0.39 is 10.0 Å². The normalized spacial score (nSPS) is 13.8. The summed E-state index contributed by atoms with van der Waals surface area (Å²) in [7, 11) is -1.74. The molecular weight excluding hydrogens is 274 g/mol. The van der Waals surface area contributed by atoms with Crippen molar-refractivity contribution >= 4 is 10.0 Å². The molecule has 6 heteroatoms. The number of nitrogens with one attached hydrogen (secondary N) is 2. The lowest BCUT2D eigenvalue weighted by molar-refractivity contribution is 0.393. The molecule has 1 rings (SSSR count). The quantitative estimate of drug-likeness (QED) is 0.687. The van der Waals surface area contributed by atoms with Crippen LogP contribution in [0, 0.1) is 5.92 Å². The molecule has 0 aromatic carbocycles. The van der Waals surface area contributed by atoms with E-state index in [1.165, 1.54) is 4.31 Å². The average Bonchev–Trinajstić information content (AvgIpc) is 2.88. The Morgan fingerprint density at radius 1 is 1.40 bits per heavy atom. The van der Waals surface area contributed by atoms with Crippen LogP contribution in [-0.2, 0) is 16.6 Å². The minimum absolute atomic E-state index is 0.344. The van der Waals surface area contributed by atoms with Crippen LogP contribution in [0.2, 0.25) is 0 Å². The van der Waals surface area contributed by atoms with Crippen molar-refractivity contribution in [3.8, 4) is 0 Å². The molecule has 1 heterocycles. The molecule has 20 heavy (non-hydrogen) atoms. The van der Waals surface area contributed by atoms with Gasteiger partial charge in [0, 0.05) is 32.0 Å². The van der Waals surface area contributed by atoms with Crippen molar-refractivity contribution in [1.82, 2.24) is 14.6 Å². The number of rotatable bonds is 9. The van der Waals surface area contributed by atoms with E-state index in [1.807, 2.05) is 0 Å². The third-order valence-electron chi connectivity index (χ3n) is 3.43. The molecule has 0 aliphatic carbocycles. The Balaban J connectivity index is 2.72. The Bertz CT molecular complexity index is 496. The average molecular weight is 301 g/mol. The lowest BCUT2D eigenvalue weighted by Gasteiger charge is -2.19. The lowest BCUT2D eigenvalue weighted by Crippen LogP contribution is -2.30. The third-order valence-corrected chi connectivity index (χ3v) is 5.23. The molecular formula is C14H27N3O2S. The van der Waals surface area contributed by atoms with Crippen LogP contribution < -0.4 is 5.32 Å². The Kier molecular flexibility index (Phi) is 6.71. The molecule has 0 spiro atoms. The van der Waals surface area contributed by atoms with Gasteiger partial charge in [0.15, 0.2) is 0 Å². The van der Waals surface area contributed by atoms with E-state index >= 15 is 0 Å². The number of H-pyrrole nitrogens is 1.